The second kappa shape index (κ2) is 7.22. The second-order valence-electron chi connectivity index (χ2n) is 6.75. The SMILES string of the molecule is CCC[C@H]1CC[C@H](C#C[C@H]2CC[C@H](C)CC2)CC1. The molecule has 18 heavy (non-hydrogen) atoms. The minimum Gasteiger partial charge on any atom is -0.0996 e. The molecule has 0 radical (unpaired) electrons. The van der Waals surface area contributed by atoms with Gasteiger partial charge in [0.2, 0.25) is 0 Å². The fraction of sp³-hybridized carbons (Fsp3) is 0.889. The Bertz CT molecular complexity index is 277. The lowest BCUT2D eigenvalue weighted by Gasteiger charge is -2.26. The van der Waals surface area contributed by atoms with E-state index in [0.29, 0.717) is 0 Å². The molecule has 0 aromatic carbocycles. The Labute approximate surface area is 114 Å². The first-order valence-corrected chi connectivity index (χ1v) is 8.29. The largest absolute Gasteiger partial charge is 0.0996 e. The van der Waals surface area contributed by atoms with Crippen LogP contribution in [0.4, 0.5) is 0 Å². The van der Waals surface area contributed by atoms with Gasteiger partial charge in [0.25, 0.3) is 0 Å². The molecular weight excluding hydrogens is 216 g/mol. The van der Waals surface area contributed by atoms with Crippen LogP contribution in [0.15, 0.2) is 0 Å². The third kappa shape index (κ3) is 4.34. The number of hydrogen-bond acceptors (Lipinski definition) is 0. The van der Waals surface area contributed by atoms with E-state index in [-0.39, 0.29) is 0 Å². The molecule has 0 nitrogen and oxygen atoms in total. The van der Waals surface area contributed by atoms with Crippen LogP contribution in [-0.4, -0.2) is 0 Å². The van der Waals surface area contributed by atoms with E-state index in [1.807, 2.05) is 0 Å². The minimum atomic E-state index is 0.731. The summed E-state index contributed by atoms with van der Waals surface area (Å²) in [7, 11) is 0. The molecule has 2 aliphatic carbocycles. The predicted octanol–water partition coefficient (Wildman–Crippen LogP) is 5.42. The Morgan fingerprint density at radius 1 is 0.778 bits per heavy atom. The molecule has 0 heterocycles. The fourth-order valence-corrected chi connectivity index (χ4v) is 3.64. The van der Waals surface area contributed by atoms with Crippen LogP contribution in [-0.2, 0) is 0 Å². The fourth-order valence-electron chi connectivity index (χ4n) is 3.64. The highest BCUT2D eigenvalue weighted by Gasteiger charge is 2.20. The van der Waals surface area contributed by atoms with Crippen LogP contribution in [0.2, 0.25) is 0 Å². The maximum absolute atomic E-state index is 3.62. The summed E-state index contributed by atoms with van der Waals surface area (Å²) in [6.45, 7) is 4.70. The van der Waals surface area contributed by atoms with Crippen molar-refractivity contribution in [1.29, 1.82) is 0 Å². The van der Waals surface area contributed by atoms with Gasteiger partial charge in [-0.1, -0.05) is 38.5 Å². The van der Waals surface area contributed by atoms with Gasteiger partial charge in [-0.3, -0.25) is 0 Å². The van der Waals surface area contributed by atoms with E-state index in [2.05, 4.69) is 25.7 Å². The smallest absolute Gasteiger partial charge is 0.0203 e. The van der Waals surface area contributed by atoms with E-state index < -0.39 is 0 Å². The van der Waals surface area contributed by atoms with Gasteiger partial charge in [0, 0.05) is 11.8 Å². The van der Waals surface area contributed by atoms with Gasteiger partial charge in [0.15, 0.2) is 0 Å². The molecule has 0 heteroatoms. The standard InChI is InChI=1S/C18H30/c1-3-4-16-9-11-18(12-10-16)14-13-17-7-5-15(2)6-8-17/h15-18H,3-12H2,1-2H3/t15-,16-,17-,18-. The molecule has 2 rings (SSSR count). The Morgan fingerprint density at radius 3 is 1.78 bits per heavy atom. The van der Waals surface area contributed by atoms with Crippen molar-refractivity contribution in [2.24, 2.45) is 23.7 Å². The van der Waals surface area contributed by atoms with E-state index in [0.717, 1.165) is 23.7 Å². The summed E-state index contributed by atoms with van der Waals surface area (Å²) in [4.78, 5) is 0. The highest BCUT2D eigenvalue weighted by molar-refractivity contribution is 5.08. The molecule has 0 spiro atoms. The van der Waals surface area contributed by atoms with Crippen LogP contribution in [0.1, 0.15) is 78.1 Å². The first-order valence-electron chi connectivity index (χ1n) is 8.29. The summed E-state index contributed by atoms with van der Waals surface area (Å²) < 4.78 is 0. The topological polar surface area (TPSA) is 0 Å². The summed E-state index contributed by atoms with van der Waals surface area (Å²) in [5, 5.41) is 0. The van der Waals surface area contributed by atoms with Crippen molar-refractivity contribution in [2.45, 2.75) is 78.1 Å². The minimum absolute atomic E-state index is 0.731. The third-order valence-corrected chi connectivity index (χ3v) is 5.05. The lowest BCUT2D eigenvalue weighted by molar-refractivity contribution is 0.298. The number of hydrogen-bond donors (Lipinski definition) is 0. The van der Waals surface area contributed by atoms with Crippen LogP contribution in [0.25, 0.3) is 0 Å². The van der Waals surface area contributed by atoms with Crippen LogP contribution < -0.4 is 0 Å². The Kier molecular flexibility index (Phi) is 5.61. The maximum Gasteiger partial charge on any atom is 0.0203 e. The van der Waals surface area contributed by atoms with E-state index in [4.69, 9.17) is 0 Å². The predicted molar refractivity (Wildman–Crippen MR) is 79.3 cm³/mol. The normalized spacial score (nSPS) is 36.8. The molecular formula is C18H30. The quantitative estimate of drug-likeness (QED) is 0.570. The zero-order chi connectivity index (χ0) is 12.8. The van der Waals surface area contributed by atoms with Crippen molar-refractivity contribution in [3.63, 3.8) is 0 Å². The van der Waals surface area contributed by atoms with E-state index in [9.17, 15) is 0 Å². The molecule has 0 aromatic heterocycles. The van der Waals surface area contributed by atoms with Gasteiger partial charge >= 0.3 is 0 Å². The monoisotopic (exact) mass is 246 g/mol. The summed E-state index contributed by atoms with van der Waals surface area (Å²) in [5.41, 5.74) is 0. The van der Waals surface area contributed by atoms with E-state index in [1.165, 1.54) is 64.2 Å². The Balaban J connectivity index is 1.71. The van der Waals surface area contributed by atoms with E-state index in [1.54, 1.807) is 0 Å². The van der Waals surface area contributed by atoms with Crippen LogP contribution >= 0.6 is 0 Å². The first kappa shape index (κ1) is 14.0. The second-order valence-corrected chi connectivity index (χ2v) is 6.75. The average molecular weight is 246 g/mol. The molecule has 0 amide bonds. The van der Waals surface area contributed by atoms with Crippen molar-refractivity contribution in [3.8, 4) is 11.8 Å². The van der Waals surface area contributed by atoms with Crippen LogP contribution in [0.5, 0.6) is 0 Å². The van der Waals surface area contributed by atoms with Crippen LogP contribution in [0.3, 0.4) is 0 Å². The van der Waals surface area contributed by atoms with Crippen molar-refractivity contribution in [2.75, 3.05) is 0 Å². The zero-order valence-electron chi connectivity index (χ0n) is 12.4. The zero-order valence-corrected chi connectivity index (χ0v) is 12.4. The average Bonchev–Trinajstić information content (AvgIpc) is 2.40. The molecule has 2 saturated carbocycles. The first-order chi connectivity index (χ1) is 8.78. The van der Waals surface area contributed by atoms with Gasteiger partial charge in [-0.25, -0.2) is 0 Å². The molecule has 2 aliphatic rings. The maximum atomic E-state index is 3.62. The van der Waals surface area contributed by atoms with Gasteiger partial charge in [0.1, 0.15) is 0 Å². The van der Waals surface area contributed by atoms with E-state index >= 15 is 0 Å². The number of rotatable bonds is 2. The molecule has 0 atom stereocenters. The molecule has 102 valence electrons. The van der Waals surface area contributed by atoms with Crippen LogP contribution in [0, 0.1) is 35.5 Å². The van der Waals surface area contributed by atoms with Gasteiger partial charge in [0.05, 0.1) is 0 Å². The Morgan fingerprint density at radius 2 is 1.28 bits per heavy atom. The van der Waals surface area contributed by atoms with Crippen molar-refractivity contribution in [1.82, 2.24) is 0 Å². The van der Waals surface area contributed by atoms with Crippen molar-refractivity contribution < 1.29 is 0 Å². The molecule has 0 aliphatic heterocycles. The molecule has 0 saturated heterocycles. The summed E-state index contributed by atoms with van der Waals surface area (Å²) >= 11 is 0. The van der Waals surface area contributed by atoms with Gasteiger partial charge in [-0.05, 0) is 63.2 Å². The Hall–Kier alpha value is -0.440. The van der Waals surface area contributed by atoms with Crippen molar-refractivity contribution in [3.05, 3.63) is 0 Å². The lowest BCUT2D eigenvalue weighted by Crippen LogP contribution is -2.14. The highest BCUT2D eigenvalue weighted by atomic mass is 14.2. The van der Waals surface area contributed by atoms with Gasteiger partial charge in [-0.2, -0.15) is 0 Å². The molecule has 0 N–H and O–H groups in total. The molecule has 2 fully saturated rings. The third-order valence-electron chi connectivity index (χ3n) is 5.05. The molecule has 0 unspecified atom stereocenters. The summed E-state index contributed by atoms with van der Waals surface area (Å²) in [5.74, 6) is 10.7. The highest BCUT2D eigenvalue weighted by Crippen LogP contribution is 2.32. The summed E-state index contributed by atoms with van der Waals surface area (Å²) in [6, 6.07) is 0. The lowest BCUT2D eigenvalue weighted by atomic mass is 9.79. The van der Waals surface area contributed by atoms with Gasteiger partial charge < -0.3 is 0 Å². The van der Waals surface area contributed by atoms with Gasteiger partial charge in [-0.15, -0.1) is 0 Å². The molecule has 0 bridgehead atoms. The summed E-state index contributed by atoms with van der Waals surface area (Å²) in [6.07, 6.45) is 14.0. The molecule has 0 aromatic rings. The van der Waals surface area contributed by atoms with Crippen molar-refractivity contribution >= 4 is 0 Å².